The first-order chi connectivity index (χ1) is 7.68. The molecule has 0 aromatic carbocycles. The molecule has 1 saturated heterocycles. The molecule has 88 valence electrons. The molecular formula is C13H21N3. The first-order valence-corrected chi connectivity index (χ1v) is 6.08. The van der Waals surface area contributed by atoms with Crippen molar-refractivity contribution in [2.75, 3.05) is 13.1 Å². The van der Waals surface area contributed by atoms with Crippen LogP contribution in [0, 0.1) is 5.92 Å². The Morgan fingerprint density at radius 3 is 2.75 bits per heavy atom. The Morgan fingerprint density at radius 1 is 1.44 bits per heavy atom. The van der Waals surface area contributed by atoms with Gasteiger partial charge >= 0.3 is 0 Å². The van der Waals surface area contributed by atoms with Gasteiger partial charge in [-0.3, -0.25) is 9.88 Å². The van der Waals surface area contributed by atoms with Crippen LogP contribution in [0.5, 0.6) is 0 Å². The van der Waals surface area contributed by atoms with Crippen LogP contribution in [-0.4, -0.2) is 29.0 Å². The Hall–Kier alpha value is -0.930. The number of hydrogen-bond donors (Lipinski definition) is 1. The SMILES string of the molecule is CC(C)CN1CCC(N)C1c1ccncc1. The third kappa shape index (κ3) is 2.42. The van der Waals surface area contributed by atoms with Crippen molar-refractivity contribution >= 4 is 0 Å². The summed E-state index contributed by atoms with van der Waals surface area (Å²) in [6.07, 6.45) is 4.81. The van der Waals surface area contributed by atoms with Crippen molar-refractivity contribution in [3.05, 3.63) is 30.1 Å². The smallest absolute Gasteiger partial charge is 0.0500 e. The fourth-order valence-corrected chi connectivity index (χ4v) is 2.58. The van der Waals surface area contributed by atoms with Gasteiger partial charge in [0.05, 0.1) is 6.04 Å². The summed E-state index contributed by atoms with van der Waals surface area (Å²) in [7, 11) is 0. The second-order valence-corrected chi connectivity index (χ2v) is 5.07. The van der Waals surface area contributed by atoms with Crippen molar-refractivity contribution in [3.63, 3.8) is 0 Å². The molecule has 0 saturated carbocycles. The van der Waals surface area contributed by atoms with Crippen LogP contribution in [0.25, 0.3) is 0 Å². The van der Waals surface area contributed by atoms with E-state index in [1.165, 1.54) is 5.56 Å². The van der Waals surface area contributed by atoms with Crippen LogP contribution in [-0.2, 0) is 0 Å². The van der Waals surface area contributed by atoms with Gasteiger partial charge in [0.15, 0.2) is 0 Å². The standard InChI is InChI=1S/C13H21N3/c1-10(2)9-16-8-5-12(14)13(16)11-3-6-15-7-4-11/h3-4,6-7,10,12-13H,5,8-9,14H2,1-2H3. The van der Waals surface area contributed by atoms with E-state index in [9.17, 15) is 0 Å². The predicted molar refractivity (Wildman–Crippen MR) is 66.0 cm³/mol. The van der Waals surface area contributed by atoms with Crippen LogP contribution < -0.4 is 5.73 Å². The van der Waals surface area contributed by atoms with E-state index >= 15 is 0 Å². The van der Waals surface area contributed by atoms with E-state index in [0.717, 1.165) is 19.5 Å². The monoisotopic (exact) mass is 219 g/mol. The maximum absolute atomic E-state index is 6.22. The van der Waals surface area contributed by atoms with E-state index < -0.39 is 0 Å². The molecular weight excluding hydrogens is 198 g/mol. The van der Waals surface area contributed by atoms with Gasteiger partial charge < -0.3 is 5.73 Å². The number of likely N-dealkylation sites (tertiary alicyclic amines) is 1. The van der Waals surface area contributed by atoms with Gasteiger partial charge in [-0.1, -0.05) is 13.8 Å². The minimum atomic E-state index is 0.265. The van der Waals surface area contributed by atoms with Crippen LogP contribution in [0.1, 0.15) is 31.9 Å². The molecule has 0 aliphatic carbocycles. The second kappa shape index (κ2) is 4.93. The van der Waals surface area contributed by atoms with Crippen LogP contribution in [0.4, 0.5) is 0 Å². The largest absolute Gasteiger partial charge is 0.326 e. The maximum atomic E-state index is 6.22. The zero-order valence-electron chi connectivity index (χ0n) is 10.1. The average Bonchev–Trinajstić information content (AvgIpc) is 2.60. The van der Waals surface area contributed by atoms with Gasteiger partial charge in [-0.05, 0) is 30.0 Å². The number of nitrogens with zero attached hydrogens (tertiary/aromatic N) is 2. The lowest BCUT2D eigenvalue weighted by Crippen LogP contribution is -2.33. The maximum Gasteiger partial charge on any atom is 0.0500 e. The van der Waals surface area contributed by atoms with Crippen molar-refractivity contribution in [1.29, 1.82) is 0 Å². The summed E-state index contributed by atoms with van der Waals surface area (Å²) < 4.78 is 0. The molecule has 1 fully saturated rings. The normalized spacial score (nSPS) is 26.5. The van der Waals surface area contributed by atoms with Crippen LogP contribution >= 0.6 is 0 Å². The van der Waals surface area contributed by atoms with Crippen LogP contribution in [0.15, 0.2) is 24.5 Å². The Balaban J connectivity index is 2.16. The molecule has 2 N–H and O–H groups in total. The van der Waals surface area contributed by atoms with Crippen LogP contribution in [0.3, 0.4) is 0 Å². The predicted octanol–water partition coefficient (Wildman–Crippen LogP) is 1.81. The summed E-state index contributed by atoms with van der Waals surface area (Å²) in [5.41, 5.74) is 7.52. The van der Waals surface area contributed by atoms with Gasteiger partial charge in [0.1, 0.15) is 0 Å². The van der Waals surface area contributed by atoms with E-state index in [0.29, 0.717) is 12.0 Å². The lowest BCUT2D eigenvalue weighted by molar-refractivity contribution is 0.221. The minimum Gasteiger partial charge on any atom is -0.326 e. The van der Waals surface area contributed by atoms with E-state index in [1.807, 2.05) is 12.4 Å². The molecule has 1 aromatic rings. The van der Waals surface area contributed by atoms with Crippen molar-refractivity contribution in [1.82, 2.24) is 9.88 Å². The summed E-state index contributed by atoms with van der Waals surface area (Å²) in [5, 5.41) is 0. The summed E-state index contributed by atoms with van der Waals surface area (Å²) in [6.45, 7) is 6.76. The van der Waals surface area contributed by atoms with Gasteiger partial charge in [0, 0.05) is 31.5 Å². The van der Waals surface area contributed by atoms with Crippen molar-refractivity contribution in [2.45, 2.75) is 32.4 Å². The van der Waals surface area contributed by atoms with Gasteiger partial charge in [-0.25, -0.2) is 0 Å². The molecule has 0 bridgehead atoms. The number of rotatable bonds is 3. The quantitative estimate of drug-likeness (QED) is 0.843. The summed E-state index contributed by atoms with van der Waals surface area (Å²) in [6, 6.07) is 4.82. The summed E-state index contributed by atoms with van der Waals surface area (Å²) in [5.74, 6) is 0.689. The highest BCUT2D eigenvalue weighted by molar-refractivity contribution is 5.19. The van der Waals surface area contributed by atoms with Gasteiger partial charge in [-0.15, -0.1) is 0 Å². The lowest BCUT2D eigenvalue weighted by Gasteiger charge is -2.28. The summed E-state index contributed by atoms with van der Waals surface area (Å²) >= 11 is 0. The molecule has 2 atom stereocenters. The molecule has 2 rings (SSSR count). The first kappa shape index (κ1) is 11.6. The molecule has 1 aliphatic heterocycles. The summed E-state index contributed by atoms with van der Waals surface area (Å²) in [4.78, 5) is 6.57. The average molecular weight is 219 g/mol. The Labute approximate surface area is 97.7 Å². The highest BCUT2D eigenvalue weighted by Gasteiger charge is 2.32. The highest BCUT2D eigenvalue weighted by atomic mass is 15.2. The van der Waals surface area contributed by atoms with E-state index in [1.54, 1.807) is 0 Å². The molecule has 0 radical (unpaired) electrons. The Morgan fingerprint density at radius 2 is 2.12 bits per heavy atom. The Kier molecular flexibility index (Phi) is 3.56. The highest BCUT2D eigenvalue weighted by Crippen LogP contribution is 2.31. The molecule has 3 nitrogen and oxygen atoms in total. The lowest BCUT2D eigenvalue weighted by atomic mass is 10.0. The molecule has 0 amide bonds. The topological polar surface area (TPSA) is 42.1 Å². The van der Waals surface area contributed by atoms with E-state index in [2.05, 4.69) is 35.9 Å². The number of hydrogen-bond acceptors (Lipinski definition) is 3. The fraction of sp³-hybridized carbons (Fsp3) is 0.615. The molecule has 16 heavy (non-hydrogen) atoms. The number of pyridine rings is 1. The fourth-order valence-electron chi connectivity index (χ4n) is 2.58. The van der Waals surface area contributed by atoms with Gasteiger partial charge in [0.2, 0.25) is 0 Å². The van der Waals surface area contributed by atoms with E-state index in [4.69, 9.17) is 5.73 Å². The molecule has 2 heterocycles. The zero-order chi connectivity index (χ0) is 11.5. The zero-order valence-corrected chi connectivity index (χ0v) is 10.1. The Bertz CT molecular complexity index is 323. The molecule has 3 heteroatoms. The molecule has 1 aromatic heterocycles. The number of nitrogens with two attached hydrogens (primary N) is 1. The third-order valence-electron chi connectivity index (χ3n) is 3.20. The molecule has 1 aliphatic rings. The van der Waals surface area contributed by atoms with Gasteiger partial charge in [-0.2, -0.15) is 0 Å². The van der Waals surface area contributed by atoms with Crippen molar-refractivity contribution < 1.29 is 0 Å². The second-order valence-electron chi connectivity index (χ2n) is 5.07. The molecule has 2 unspecified atom stereocenters. The van der Waals surface area contributed by atoms with Crippen LogP contribution in [0.2, 0.25) is 0 Å². The molecule has 0 spiro atoms. The van der Waals surface area contributed by atoms with Crippen molar-refractivity contribution in [2.24, 2.45) is 11.7 Å². The van der Waals surface area contributed by atoms with Crippen molar-refractivity contribution in [3.8, 4) is 0 Å². The van der Waals surface area contributed by atoms with E-state index in [-0.39, 0.29) is 6.04 Å². The first-order valence-electron chi connectivity index (χ1n) is 6.08. The minimum absolute atomic E-state index is 0.265. The third-order valence-corrected chi connectivity index (χ3v) is 3.20. The van der Waals surface area contributed by atoms with Gasteiger partial charge in [0.25, 0.3) is 0 Å². The number of aromatic nitrogens is 1.